The first-order valence-electron chi connectivity index (χ1n) is 7.43. The van der Waals surface area contributed by atoms with Crippen LogP contribution in [0.3, 0.4) is 0 Å². The number of likely N-dealkylation sites (tertiary alicyclic amines) is 1. The minimum Gasteiger partial charge on any atom is -0.391 e. The van der Waals surface area contributed by atoms with E-state index in [2.05, 4.69) is 18.7 Å². The van der Waals surface area contributed by atoms with Crippen molar-refractivity contribution in [1.29, 1.82) is 0 Å². The van der Waals surface area contributed by atoms with Gasteiger partial charge >= 0.3 is 0 Å². The molecular formula is C15H29NO2. The molecular weight excluding hydrogens is 226 g/mol. The van der Waals surface area contributed by atoms with Gasteiger partial charge in [-0.2, -0.15) is 0 Å². The lowest BCUT2D eigenvalue weighted by molar-refractivity contribution is -0.0330. The van der Waals surface area contributed by atoms with E-state index in [1.807, 2.05) is 0 Å². The molecule has 18 heavy (non-hydrogen) atoms. The van der Waals surface area contributed by atoms with Crippen LogP contribution in [0.25, 0.3) is 0 Å². The Bertz CT molecular complexity index is 259. The zero-order valence-electron chi connectivity index (χ0n) is 12.2. The molecule has 3 nitrogen and oxygen atoms in total. The molecule has 1 aliphatic carbocycles. The highest BCUT2D eigenvalue weighted by molar-refractivity contribution is 4.92. The Kier molecular flexibility index (Phi) is 4.68. The van der Waals surface area contributed by atoms with Crippen molar-refractivity contribution >= 4 is 0 Å². The van der Waals surface area contributed by atoms with Crippen LogP contribution < -0.4 is 0 Å². The molecule has 106 valence electrons. The van der Waals surface area contributed by atoms with Crippen molar-refractivity contribution in [3.63, 3.8) is 0 Å². The smallest absolute Gasteiger partial charge is 0.0695 e. The van der Waals surface area contributed by atoms with Gasteiger partial charge in [-0.25, -0.2) is 0 Å². The first-order valence-corrected chi connectivity index (χ1v) is 7.43. The summed E-state index contributed by atoms with van der Waals surface area (Å²) in [6.45, 7) is 7.83. The van der Waals surface area contributed by atoms with Gasteiger partial charge in [0.25, 0.3) is 0 Å². The molecule has 2 unspecified atom stereocenters. The molecule has 1 aliphatic heterocycles. The highest BCUT2D eigenvalue weighted by atomic mass is 16.5. The highest BCUT2D eigenvalue weighted by Gasteiger charge is 2.38. The average molecular weight is 255 g/mol. The second kappa shape index (κ2) is 5.89. The second-order valence-corrected chi connectivity index (χ2v) is 6.98. The van der Waals surface area contributed by atoms with Crippen LogP contribution in [0.15, 0.2) is 0 Å². The van der Waals surface area contributed by atoms with E-state index >= 15 is 0 Å². The van der Waals surface area contributed by atoms with Gasteiger partial charge in [-0.3, -0.25) is 4.90 Å². The van der Waals surface area contributed by atoms with Crippen LogP contribution in [0, 0.1) is 11.3 Å². The molecule has 0 aromatic heterocycles. The summed E-state index contributed by atoms with van der Waals surface area (Å²) in [5, 5.41) is 10.3. The van der Waals surface area contributed by atoms with Gasteiger partial charge in [-0.15, -0.1) is 0 Å². The second-order valence-electron chi connectivity index (χ2n) is 6.98. The minimum atomic E-state index is -0.114. The van der Waals surface area contributed by atoms with E-state index in [-0.39, 0.29) is 6.10 Å². The normalized spacial score (nSPS) is 34.7. The molecule has 3 heteroatoms. The van der Waals surface area contributed by atoms with E-state index < -0.39 is 0 Å². The molecule has 2 fully saturated rings. The van der Waals surface area contributed by atoms with Gasteiger partial charge in [-0.05, 0) is 56.5 Å². The van der Waals surface area contributed by atoms with Crippen molar-refractivity contribution in [2.75, 3.05) is 26.8 Å². The minimum absolute atomic E-state index is 0.114. The molecule has 0 aromatic carbocycles. The number of nitrogens with zero attached hydrogens (tertiary/aromatic N) is 1. The summed E-state index contributed by atoms with van der Waals surface area (Å²) in [7, 11) is 1.79. The molecule has 1 heterocycles. The zero-order chi connectivity index (χ0) is 13.2. The van der Waals surface area contributed by atoms with Crippen molar-refractivity contribution in [1.82, 2.24) is 4.90 Å². The fourth-order valence-corrected chi connectivity index (χ4v) is 3.59. The number of methoxy groups -OCH3 is 1. The van der Waals surface area contributed by atoms with E-state index in [0.717, 1.165) is 44.9 Å². The molecule has 1 N–H and O–H groups in total. The van der Waals surface area contributed by atoms with Gasteiger partial charge in [0.1, 0.15) is 0 Å². The van der Waals surface area contributed by atoms with Gasteiger partial charge in [0.05, 0.1) is 6.10 Å². The summed E-state index contributed by atoms with van der Waals surface area (Å²) in [6.07, 6.45) is 5.59. The van der Waals surface area contributed by atoms with E-state index in [1.165, 1.54) is 12.8 Å². The summed E-state index contributed by atoms with van der Waals surface area (Å²) in [5.74, 6) is 0.722. The van der Waals surface area contributed by atoms with Crippen LogP contribution in [-0.2, 0) is 4.74 Å². The fraction of sp³-hybridized carbons (Fsp3) is 1.00. The van der Waals surface area contributed by atoms with Crippen molar-refractivity contribution in [2.24, 2.45) is 11.3 Å². The number of rotatable bonds is 3. The molecule has 2 atom stereocenters. The monoisotopic (exact) mass is 255 g/mol. The molecule has 2 aliphatic rings. The Morgan fingerprint density at radius 1 is 1.22 bits per heavy atom. The Morgan fingerprint density at radius 2 is 1.89 bits per heavy atom. The van der Waals surface area contributed by atoms with Crippen LogP contribution in [0.5, 0.6) is 0 Å². The molecule has 0 aromatic rings. The number of ether oxygens (including phenoxy) is 1. The standard InChI is InChI=1S/C15H29NO2/c1-15(2)7-4-14(17)13(10-15)16-8-5-12(6-9-16)11-18-3/h12-14,17H,4-11H2,1-3H3. The summed E-state index contributed by atoms with van der Waals surface area (Å²) >= 11 is 0. The van der Waals surface area contributed by atoms with Gasteiger partial charge in [-0.1, -0.05) is 13.8 Å². The maximum absolute atomic E-state index is 10.3. The quantitative estimate of drug-likeness (QED) is 0.840. The van der Waals surface area contributed by atoms with E-state index in [9.17, 15) is 5.11 Å². The van der Waals surface area contributed by atoms with Crippen molar-refractivity contribution in [3.05, 3.63) is 0 Å². The first kappa shape index (κ1) is 14.3. The van der Waals surface area contributed by atoms with Crippen molar-refractivity contribution in [2.45, 2.75) is 58.1 Å². The van der Waals surface area contributed by atoms with Crippen molar-refractivity contribution in [3.8, 4) is 0 Å². The molecule has 0 spiro atoms. The Labute approximate surface area is 112 Å². The van der Waals surface area contributed by atoms with Gasteiger partial charge in [0.15, 0.2) is 0 Å². The number of aliphatic hydroxyl groups is 1. The molecule has 1 saturated heterocycles. The Balaban J connectivity index is 1.88. The van der Waals surface area contributed by atoms with Crippen LogP contribution in [0.4, 0.5) is 0 Å². The molecule has 0 radical (unpaired) electrons. The van der Waals surface area contributed by atoms with E-state index in [1.54, 1.807) is 7.11 Å². The highest BCUT2D eigenvalue weighted by Crippen LogP contribution is 2.38. The zero-order valence-corrected chi connectivity index (χ0v) is 12.2. The third kappa shape index (κ3) is 3.46. The Morgan fingerprint density at radius 3 is 2.50 bits per heavy atom. The largest absolute Gasteiger partial charge is 0.391 e. The summed E-state index contributed by atoms with van der Waals surface area (Å²) < 4.78 is 5.25. The van der Waals surface area contributed by atoms with E-state index in [4.69, 9.17) is 4.74 Å². The molecule has 0 bridgehead atoms. The predicted octanol–water partition coefficient (Wildman–Crippen LogP) is 2.28. The number of hydrogen-bond donors (Lipinski definition) is 1. The van der Waals surface area contributed by atoms with Gasteiger partial charge < -0.3 is 9.84 Å². The summed E-state index contributed by atoms with van der Waals surface area (Å²) in [4.78, 5) is 2.53. The third-order valence-electron chi connectivity index (χ3n) is 4.84. The van der Waals surface area contributed by atoms with Gasteiger partial charge in [0, 0.05) is 19.8 Å². The third-order valence-corrected chi connectivity index (χ3v) is 4.84. The van der Waals surface area contributed by atoms with Gasteiger partial charge in [0.2, 0.25) is 0 Å². The molecule has 2 rings (SSSR count). The van der Waals surface area contributed by atoms with E-state index in [0.29, 0.717) is 11.5 Å². The van der Waals surface area contributed by atoms with Crippen LogP contribution in [0.2, 0.25) is 0 Å². The van der Waals surface area contributed by atoms with Crippen LogP contribution in [0.1, 0.15) is 46.0 Å². The lowest BCUT2D eigenvalue weighted by Crippen LogP contribution is -2.52. The maximum atomic E-state index is 10.3. The SMILES string of the molecule is COCC1CCN(C2CC(C)(C)CCC2O)CC1. The summed E-state index contributed by atoms with van der Waals surface area (Å²) in [5.41, 5.74) is 0.396. The predicted molar refractivity (Wildman–Crippen MR) is 73.6 cm³/mol. The lowest BCUT2D eigenvalue weighted by Gasteiger charge is -2.46. The maximum Gasteiger partial charge on any atom is 0.0695 e. The number of hydrogen-bond acceptors (Lipinski definition) is 3. The topological polar surface area (TPSA) is 32.7 Å². The Hall–Kier alpha value is -0.120. The fourth-order valence-electron chi connectivity index (χ4n) is 3.59. The first-order chi connectivity index (χ1) is 8.52. The van der Waals surface area contributed by atoms with Crippen LogP contribution >= 0.6 is 0 Å². The molecule has 0 amide bonds. The average Bonchev–Trinajstić information content (AvgIpc) is 2.34. The number of piperidine rings is 1. The summed E-state index contributed by atoms with van der Waals surface area (Å²) in [6, 6.07) is 0.386. The molecule has 1 saturated carbocycles. The number of aliphatic hydroxyl groups excluding tert-OH is 1. The van der Waals surface area contributed by atoms with Crippen molar-refractivity contribution < 1.29 is 9.84 Å². The lowest BCUT2D eigenvalue weighted by atomic mass is 9.73. The van der Waals surface area contributed by atoms with Crippen LogP contribution in [-0.4, -0.2) is 49.0 Å².